The summed E-state index contributed by atoms with van der Waals surface area (Å²) in [6.45, 7) is 14.6. The van der Waals surface area contributed by atoms with Crippen molar-refractivity contribution in [2.24, 2.45) is 0 Å². The van der Waals surface area contributed by atoms with Crippen LogP contribution in [0.2, 0.25) is 0 Å². The number of benzene rings is 20. The van der Waals surface area contributed by atoms with E-state index in [1.54, 1.807) is 0 Å². The molecule has 0 amide bonds. The Bertz CT molecular complexity index is 8340. The molecular formula is C126H80N12. The fourth-order valence-corrected chi connectivity index (χ4v) is 17.3. The minimum atomic E-state index is 0.628. The summed E-state index contributed by atoms with van der Waals surface area (Å²) in [7, 11) is 0. The van der Waals surface area contributed by atoms with E-state index in [1.807, 2.05) is 261 Å². The Labute approximate surface area is 799 Å². The summed E-state index contributed by atoms with van der Waals surface area (Å²) in [5, 5.41) is 16.7. The summed E-state index contributed by atoms with van der Waals surface area (Å²) in [6.07, 6.45) is 0. The predicted octanol–water partition coefficient (Wildman–Crippen LogP) is 32.4. The molecule has 0 N–H and O–H groups in total. The third-order valence-corrected chi connectivity index (χ3v) is 24.5. The van der Waals surface area contributed by atoms with Crippen molar-refractivity contribution < 1.29 is 0 Å². The van der Waals surface area contributed by atoms with Gasteiger partial charge in [0.15, 0.2) is 63.8 Å². The topological polar surface area (TPSA) is 149 Å². The van der Waals surface area contributed by atoms with Crippen LogP contribution in [0.5, 0.6) is 0 Å². The first-order valence-electron chi connectivity index (χ1n) is 45.4. The van der Waals surface area contributed by atoms with Crippen LogP contribution in [0.4, 0.5) is 11.4 Å². The molecule has 0 aliphatic rings. The smallest absolute Gasteiger partial charge is 0.187 e. The Morgan fingerprint density at radius 2 is 0.370 bits per heavy atom. The lowest BCUT2D eigenvalue weighted by atomic mass is 9.92. The zero-order valence-corrected chi connectivity index (χ0v) is 74.6. The van der Waals surface area contributed by atoms with Crippen molar-refractivity contribution in [1.29, 1.82) is 5.26 Å². The lowest BCUT2D eigenvalue weighted by Gasteiger charge is -2.11. The van der Waals surface area contributed by atoms with Gasteiger partial charge in [-0.2, -0.15) is 5.26 Å². The van der Waals surface area contributed by atoms with Crippen molar-refractivity contribution in [3.63, 3.8) is 0 Å². The van der Waals surface area contributed by atoms with Crippen LogP contribution in [0.15, 0.2) is 485 Å². The Balaban J connectivity index is 0.000000124. The van der Waals surface area contributed by atoms with E-state index < -0.39 is 0 Å². The van der Waals surface area contributed by atoms with Crippen LogP contribution in [-0.4, -0.2) is 44.9 Å². The molecule has 644 valence electrons. The average molecular weight is 1760 g/mol. The lowest BCUT2D eigenvalue weighted by molar-refractivity contribution is 1.07. The maximum absolute atomic E-state index is 9.70. The van der Waals surface area contributed by atoms with Gasteiger partial charge >= 0.3 is 0 Å². The highest BCUT2D eigenvalue weighted by Gasteiger charge is 2.20. The maximum Gasteiger partial charge on any atom is 0.187 e. The fourth-order valence-electron chi connectivity index (χ4n) is 17.3. The molecule has 20 aromatic carbocycles. The van der Waals surface area contributed by atoms with Gasteiger partial charge in [0.05, 0.1) is 24.8 Å². The molecule has 0 fully saturated rings. The predicted molar refractivity (Wildman–Crippen MR) is 562 cm³/mol. The summed E-state index contributed by atoms with van der Waals surface area (Å²) < 4.78 is 0. The molecule has 0 saturated heterocycles. The third kappa shape index (κ3) is 18.7. The van der Waals surface area contributed by atoms with Gasteiger partial charge in [-0.15, -0.1) is 0 Å². The first-order valence-corrected chi connectivity index (χ1v) is 45.4. The maximum atomic E-state index is 9.70. The van der Waals surface area contributed by atoms with Gasteiger partial charge in [0.1, 0.15) is 0 Å². The second-order valence-electron chi connectivity index (χ2n) is 33.2. The average Bonchev–Trinajstić information content (AvgIpc) is 0.782. The van der Waals surface area contributed by atoms with Crippen molar-refractivity contribution in [2.75, 3.05) is 0 Å². The van der Waals surface area contributed by atoms with Crippen LogP contribution < -0.4 is 0 Å². The normalized spacial score (nSPS) is 10.9. The standard InChI is InChI=1S/2C44H28N4.C38H24N4/c1-45-39-16-8-15-37(28-39)30-18-22-33(23-19-30)40-17-9-14-32-24-27-38(29-41(32)40)31-20-25-36(26-21-31)44-47-42(34-10-4-2-5-11-34)46-43(48-44)35-12-6-3-7-13-35;1-45-39-27-25-31(26-28-39)30-15-19-34(20-16-30)40-14-8-13-33-21-24-38(29-41(33)40)32-17-22-37(23-18-32)44-47-42(35-9-4-2-5-10-35)46-43(48-44)36-11-6-3-7-12-36;39-25-32-14-7-8-16-33(32)34-17-9-15-27-20-23-31(24-35(27)34)26-18-21-30(22-19-26)38-41-36(28-10-3-1-4-11-28)40-37(42-38)29-12-5-2-6-13-29/h2*2-29H;1-24H. The van der Waals surface area contributed by atoms with Gasteiger partial charge in [-0.05, 0) is 146 Å². The minimum Gasteiger partial charge on any atom is -0.238 e. The van der Waals surface area contributed by atoms with Crippen LogP contribution >= 0.6 is 0 Å². The minimum absolute atomic E-state index is 0.628. The molecule has 23 rings (SSSR count). The van der Waals surface area contributed by atoms with Gasteiger partial charge in [0.25, 0.3) is 0 Å². The molecule has 12 heteroatoms. The zero-order chi connectivity index (χ0) is 92.9. The quantitative estimate of drug-likeness (QED) is 0.0807. The van der Waals surface area contributed by atoms with Crippen LogP contribution in [0.3, 0.4) is 0 Å². The van der Waals surface area contributed by atoms with Crippen molar-refractivity contribution >= 4 is 43.7 Å². The third-order valence-electron chi connectivity index (χ3n) is 24.5. The van der Waals surface area contributed by atoms with Crippen LogP contribution in [0, 0.1) is 24.5 Å². The van der Waals surface area contributed by atoms with E-state index in [0.717, 1.165) is 139 Å². The Morgan fingerprint density at radius 1 is 0.159 bits per heavy atom. The molecule has 0 aliphatic carbocycles. The largest absolute Gasteiger partial charge is 0.238 e. The van der Waals surface area contributed by atoms with Crippen molar-refractivity contribution in [3.05, 3.63) is 514 Å². The number of hydrogen-bond acceptors (Lipinski definition) is 10. The molecule has 0 saturated carbocycles. The van der Waals surface area contributed by atoms with Gasteiger partial charge in [0, 0.05) is 55.6 Å². The molecule has 3 aromatic heterocycles. The first-order chi connectivity index (χ1) is 68.2. The van der Waals surface area contributed by atoms with E-state index in [4.69, 9.17) is 58.0 Å². The highest BCUT2D eigenvalue weighted by Crippen LogP contribution is 2.41. The van der Waals surface area contributed by atoms with E-state index >= 15 is 0 Å². The van der Waals surface area contributed by atoms with Crippen LogP contribution in [0.25, 0.3) is 234 Å². The van der Waals surface area contributed by atoms with Crippen molar-refractivity contribution in [1.82, 2.24) is 44.9 Å². The summed E-state index contributed by atoms with van der Waals surface area (Å²) in [4.78, 5) is 50.8. The molecule has 138 heavy (non-hydrogen) atoms. The molecule has 0 unspecified atom stereocenters. The number of aromatic nitrogens is 9. The van der Waals surface area contributed by atoms with Gasteiger partial charge in [-0.1, -0.05) is 455 Å². The fraction of sp³-hybridized carbons (Fsp3) is 0. The second-order valence-corrected chi connectivity index (χ2v) is 33.2. The molecule has 0 radical (unpaired) electrons. The summed E-state index contributed by atoms with van der Waals surface area (Å²) >= 11 is 0. The number of fused-ring (bicyclic) bond motifs is 3. The van der Waals surface area contributed by atoms with E-state index in [-0.39, 0.29) is 0 Å². The molecule has 23 aromatic rings. The SMILES string of the molecule is N#Cc1ccccc1-c1cccc2ccc(-c3ccc(-c4nc(-c5ccccc5)nc(-c5ccccc5)n4)cc3)cc12.[C-]#[N+]c1ccc(-c2ccc(-c3cccc4ccc(-c5ccc(-c6nc(-c7ccccc7)nc(-c7ccccc7)n6)cc5)cc34)cc2)cc1.[C-]#[N+]c1cccc(-c2ccc(-c3cccc4ccc(-c5ccc(-c6nc(-c7ccccc7)nc(-c7ccccc7)n6)cc5)cc34)cc2)c1. The molecule has 0 bridgehead atoms. The molecule has 0 atom stereocenters. The lowest BCUT2D eigenvalue weighted by Crippen LogP contribution is -2.00. The number of rotatable bonds is 17. The highest BCUT2D eigenvalue weighted by atomic mass is 15.1. The van der Waals surface area contributed by atoms with E-state index in [9.17, 15) is 5.26 Å². The Morgan fingerprint density at radius 3 is 0.667 bits per heavy atom. The summed E-state index contributed by atoms with van der Waals surface area (Å²) in [6, 6.07) is 167. The van der Waals surface area contributed by atoms with Gasteiger partial charge in [-0.3, -0.25) is 0 Å². The van der Waals surface area contributed by atoms with E-state index in [2.05, 4.69) is 240 Å². The molecule has 0 aliphatic heterocycles. The Kier molecular flexibility index (Phi) is 24.4. The highest BCUT2D eigenvalue weighted by molar-refractivity contribution is 6.03. The van der Waals surface area contributed by atoms with Gasteiger partial charge in [-0.25, -0.2) is 54.5 Å². The number of nitrogens with zero attached hydrogens (tertiary/aromatic N) is 12. The van der Waals surface area contributed by atoms with E-state index in [1.165, 1.54) is 32.7 Å². The van der Waals surface area contributed by atoms with Crippen LogP contribution in [0.1, 0.15) is 5.56 Å². The molecular weight excluding hydrogens is 1680 g/mol. The summed E-state index contributed by atoms with van der Waals surface area (Å²) in [5.74, 6) is 5.79. The number of hydrogen-bond donors (Lipinski definition) is 0. The van der Waals surface area contributed by atoms with Crippen LogP contribution in [-0.2, 0) is 0 Å². The summed E-state index contributed by atoms with van der Waals surface area (Å²) in [5.41, 5.74) is 28.2. The zero-order valence-electron chi connectivity index (χ0n) is 74.6. The van der Waals surface area contributed by atoms with Crippen molar-refractivity contribution in [2.45, 2.75) is 0 Å². The van der Waals surface area contributed by atoms with E-state index in [0.29, 0.717) is 69.4 Å². The molecule has 3 heterocycles. The molecule has 12 nitrogen and oxygen atoms in total. The second kappa shape index (κ2) is 39.4. The van der Waals surface area contributed by atoms with Gasteiger partial charge in [0.2, 0.25) is 0 Å². The van der Waals surface area contributed by atoms with Gasteiger partial charge < -0.3 is 0 Å². The number of nitriles is 1. The monoisotopic (exact) mass is 1760 g/mol. The Hall–Kier alpha value is -19.3. The molecule has 0 spiro atoms. The first kappa shape index (κ1) is 85.5. The van der Waals surface area contributed by atoms with Crippen molar-refractivity contribution in [3.8, 4) is 198 Å².